The molecule has 1 N–H and O–H groups in total. The number of anilines is 1. The zero-order valence-corrected chi connectivity index (χ0v) is 15.2. The first-order valence-corrected chi connectivity index (χ1v) is 8.40. The van der Waals surface area contributed by atoms with Crippen LogP contribution in [0.1, 0.15) is 11.5 Å². The van der Waals surface area contributed by atoms with Crippen molar-refractivity contribution in [1.29, 1.82) is 0 Å². The second-order valence-electron chi connectivity index (χ2n) is 6.15. The Kier molecular flexibility index (Phi) is 4.12. The maximum absolute atomic E-state index is 12.2. The molecule has 0 fully saturated rings. The van der Waals surface area contributed by atoms with Crippen LogP contribution in [-0.4, -0.2) is 27.8 Å². The van der Waals surface area contributed by atoms with Crippen LogP contribution in [0.5, 0.6) is 5.75 Å². The third-order valence-corrected chi connectivity index (χ3v) is 4.28. The van der Waals surface area contributed by atoms with Gasteiger partial charge in [0.15, 0.2) is 17.0 Å². The first-order valence-electron chi connectivity index (χ1n) is 8.40. The van der Waals surface area contributed by atoms with Crippen LogP contribution < -0.4 is 10.1 Å². The Hall–Kier alpha value is -3.61. The zero-order valence-electron chi connectivity index (χ0n) is 15.2. The quantitative estimate of drug-likeness (QED) is 0.560. The summed E-state index contributed by atoms with van der Waals surface area (Å²) in [6.45, 7) is 1.91. The average Bonchev–Trinajstić information content (AvgIpc) is 3.20. The van der Waals surface area contributed by atoms with Gasteiger partial charge in [-0.2, -0.15) is 5.10 Å². The molecule has 1 aromatic carbocycles. The van der Waals surface area contributed by atoms with Crippen LogP contribution in [0.25, 0.3) is 28.1 Å². The molecule has 4 aromatic rings. The van der Waals surface area contributed by atoms with Gasteiger partial charge in [0.25, 0.3) is 0 Å². The van der Waals surface area contributed by atoms with E-state index in [1.807, 2.05) is 44.3 Å². The van der Waals surface area contributed by atoms with E-state index in [0.717, 1.165) is 22.1 Å². The topological polar surface area (TPSA) is 82.2 Å². The second-order valence-corrected chi connectivity index (χ2v) is 6.15. The lowest BCUT2D eigenvalue weighted by molar-refractivity contribution is -0.111. The highest BCUT2D eigenvalue weighted by Gasteiger charge is 2.09. The number of carbonyl (C=O) groups excluding carboxylic acids is 1. The molecule has 4 rings (SSSR count). The first kappa shape index (κ1) is 16.8. The number of hydrogen-bond donors (Lipinski definition) is 1. The number of benzene rings is 1. The number of methoxy groups -OCH3 is 1. The number of carbonyl (C=O) groups is 1. The van der Waals surface area contributed by atoms with Crippen LogP contribution in [0.3, 0.4) is 0 Å². The van der Waals surface area contributed by atoms with Crippen LogP contribution in [0, 0.1) is 6.92 Å². The van der Waals surface area contributed by atoms with E-state index in [1.54, 1.807) is 24.1 Å². The summed E-state index contributed by atoms with van der Waals surface area (Å²) in [6.07, 6.45) is 4.65. The summed E-state index contributed by atoms with van der Waals surface area (Å²) in [5.41, 5.74) is 2.90. The lowest BCUT2D eigenvalue weighted by Crippen LogP contribution is -2.08. The first-order chi connectivity index (χ1) is 13.0. The molecular weight excluding hydrogens is 344 g/mol. The van der Waals surface area contributed by atoms with Crippen molar-refractivity contribution >= 4 is 39.7 Å². The van der Waals surface area contributed by atoms with Gasteiger partial charge in [-0.1, -0.05) is 12.1 Å². The smallest absolute Gasteiger partial charge is 0.248 e. The molecule has 7 heteroatoms. The largest absolute Gasteiger partial charge is 0.493 e. The molecular formula is C20H18N4O3. The van der Waals surface area contributed by atoms with Crippen LogP contribution in [0.4, 0.5) is 5.69 Å². The Morgan fingerprint density at radius 3 is 3.00 bits per heavy atom. The van der Waals surface area contributed by atoms with Gasteiger partial charge in [-0.3, -0.25) is 9.48 Å². The molecule has 0 radical (unpaired) electrons. The fourth-order valence-electron chi connectivity index (χ4n) is 3.02. The summed E-state index contributed by atoms with van der Waals surface area (Å²) in [5, 5.41) is 8.95. The van der Waals surface area contributed by atoms with Crippen molar-refractivity contribution in [3.8, 4) is 5.75 Å². The molecule has 0 unspecified atom stereocenters. The fraction of sp³-hybridized carbons (Fsp3) is 0.150. The highest BCUT2D eigenvalue weighted by Crippen LogP contribution is 2.29. The molecule has 0 saturated heterocycles. The minimum Gasteiger partial charge on any atom is -0.493 e. The van der Waals surface area contributed by atoms with Crippen molar-refractivity contribution < 1.29 is 13.9 Å². The van der Waals surface area contributed by atoms with E-state index in [9.17, 15) is 4.79 Å². The maximum Gasteiger partial charge on any atom is 0.248 e. The number of rotatable bonds is 4. The predicted octanol–water partition coefficient (Wildman–Crippen LogP) is 3.68. The number of fused-ring (bicyclic) bond motifs is 2. The third-order valence-electron chi connectivity index (χ3n) is 4.28. The van der Waals surface area contributed by atoms with Gasteiger partial charge < -0.3 is 14.5 Å². The summed E-state index contributed by atoms with van der Waals surface area (Å²) in [4.78, 5) is 16.6. The van der Waals surface area contributed by atoms with Gasteiger partial charge in [0, 0.05) is 23.9 Å². The van der Waals surface area contributed by atoms with Gasteiger partial charge in [0.1, 0.15) is 5.76 Å². The van der Waals surface area contributed by atoms with E-state index in [0.29, 0.717) is 22.8 Å². The van der Waals surface area contributed by atoms with Crippen LogP contribution >= 0.6 is 0 Å². The van der Waals surface area contributed by atoms with Crippen molar-refractivity contribution in [2.75, 3.05) is 12.4 Å². The highest BCUT2D eigenvalue weighted by molar-refractivity contribution is 6.02. The van der Waals surface area contributed by atoms with Crippen molar-refractivity contribution in [2.24, 2.45) is 7.05 Å². The SMILES string of the molecule is COc1cccc2cc(/C=C/C(=O)Nc3cnc4c(c3)c(C)nn4C)oc12. The van der Waals surface area contributed by atoms with E-state index >= 15 is 0 Å². The molecule has 3 heterocycles. The molecule has 3 aromatic heterocycles. The van der Waals surface area contributed by atoms with Crippen LogP contribution in [-0.2, 0) is 11.8 Å². The van der Waals surface area contributed by atoms with Gasteiger partial charge in [-0.15, -0.1) is 0 Å². The van der Waals surface area contributed by atoms with Gasteiger partial charge in [0.05, 0.1) is 24.7 Å². The molecule has 1 amide bonds. The Bertz CT molecular complexity index is 1190. The Morgan fingerprint density at radius 2 is 2.19 bits per heavy atom. The molecule has 0 aliphatic rings. The summed E-state index contributed by atoms with van der Waals surface area (Å²) in [6, 6.07) is 9.36. The lowest BCUT2D eigenvalue weighted by Gasteiger charge is -2.02. The maximum atomic E-state index is 12.2. The zero-order chi connectivity index (χ0) is 19.0. The second kappa shape index (κ2) is 6.60. The summed E-state index contributed by atoms with van der Waals surface area (Å²) in [5.74, 6) is 0.953. The Balaban J connectivity index is 1.53. The molecule has 7 nitrogen and oxygen atoms in total. The number of nitrogens with zero attached hydrogens (tertiary/aromatic N) is 3. The number of hydrogen-bond acceptors (Lipinski definition) is 5. The van der Waals surface area contributed by atoms with E-state index in [4.69, 9.17) is 9.15 Å². The van der Waals surface area contributed by atoms with Crippen LogP contribution in [0.2, 0.25) is 0 Å². The minimum absolute atomic E-state index is 0.273. The van der Waals surface area contributed by atoms with E-state index in [-0.39, 0.29) is 5.91 Å². The van der Waals surface area contributed by atoms with Crippen molar-refractivity contribution in [3.05, 3.63) is 54.1 Å². The van der Waals surface area contributed by atoms with Crippen molar-refractivity contribution in [1.82, 2.24) is 14.8 Å². The monoisotopic (exact) mass is 362 g/mol. The van der Waals surface area contributed by atoms with E-state index in [2.05, 4.69) is 15.4 Å². The number of aromatic nitrogens is 3. The standard InChI is InChI=1S/C20H18N4O3/c1-12-16-10-14(11-21-20(16)24(2)23-12)22-18(25)8-7-15-9-13-5-4-6-17(26-3)19(13)27-15/h4-11H,1-3H3,(H,22,25)/b8-7+. The number of aryl methyl sites for hydroxylation is 2. The predicted molar refractivity (Wildman–Crippen MR) is 104 cm³/mol. The number of ether oxygens (including phenoxy) is 1. The normalized spacial score (nSPS) is 11.5. The van der Waals surface area contributed by atoms with Gasteiger partial charge in [0.2, 0.25) is 5.91 Å². The van der Waals surface area contributed by atoms with Crippen LogP contribution in [0.15, 0.2) is 47.0 Å². The van der Waals surface area contributed by atoms with E-state index < -0.39 is 0 Å². The van der Waals surface area contributed by atoms with Crippen molar-refractivity contribution in [3.63, 3.8) is 0 Å². The number of para-hydroxylation sites is 1. The molecule has 136 valence electrons. The van der Waals surface area contributed by atoms with Gasteiger partial charge >= 0.3 is 0 Å². The average molecular weight is 362 g/mol. The Labute approximate surface area is 155 Å². The summed E-state index contributed by atoms with van der Waals surface area (Å²) >= 11 is 0. The Morgan fingerprint density at radius 1 is 1.33 bits per heavy atom. The number of furan rings is 1. The summed E-state index contributed by atoms with van der Waals surface area (Å²) in [7, 11) is 3.43. The fourth-order valence-corrected chi connectivity index (χ4v) is 3.02. The number of pyridine rings is 1. The molecule has 27 heavy (non-hydrogen) atoms. The number of amides is 1. The molecule has 0 aliphatic heterocycles. The lowest BCUT2D eigenvalue weighted by atomic mass is 10.2. The molecule has 0 bridgehead atoms. The third kappa shape index (κ3) is 3.15. The van der Waals surface area contributed by atoms with E-state index in [1.165, 1.54) is 6.08 Å². The highest BCUT2D eigenvalue weighted by atomic mass is 16.5. The molecule has 0 spiro atoms. The minimum atomic E-state index is -0.273. The molecule has 0 saturated carbocycles. The molecule has 0 atom stereocenters. The van der Waals surface area contributed by atoms with Gasteiger partial charge in [-0.05, 0) is 31.2 Å². The molecule has 0 aliphatic carbocycles. The van der Waals surface area contributed by atoms with Crippen molar-refractivity contribution in [2.45, 2.75) is 6.92 Å². The van der Waals surface area contributed by atoms with Gasteiger partial charge in [-0.25, -0.2) is 4.98 Å². The summed E-state index contributed by atoms with van der Waals surface area (Å²) < 4.78 is 12.7. The number of nitrogens with one attached hydrogen (secondary N) is 1.